The molecule has 2 aromatic carbocycles. The van der Waals surface area contributed by atoms with Crippen molar-refractivity contribution >= 4 is 30.2 Å². The number of rotatable bonds is 6. The van der Waals surface area contributed by atoms with Crippen molar-refractivity contribution in [3.05, 3.63) is 70.1 Å². The summed E-state index contributed by atoms with van der Waals surface area (Å²) >= 11 is 0. The van der Waals surface area contributed by atoms with Crippen molar-refractivity contribution in [2.45, 2.75) is 6.92 Å². The predicted molar refractivity (Wildman–Crippen MR) is 117 cm³/mol. The number of nitrogens with one attached hydrogen (secondary N) is 2. The molecule has 0 aliphatic carbocycles. The van der Waals surface area contributed by atoms with Gasteiger partial charge in [0.2, 0.25) is 12.4 Å². The summed E-state index contributed by atoms with van der Waals surface area (Å²) in [6.07, 6.45) is 3.83. The standard InChI is InChI=1S/C23H23N6O2/c1-18(30)31-13-12-29(23-26-10-11-27-23)28(16-21-6-2-19(14-24)3-7-21)17-22-8-4-20(15-25)5-9-22/h2-9,16-17,24H,10-13H2,1H3,(H,26,27)/q+1/b28-17+. The van der Waals surface area contributed by atoms with Gasteiger partial charge >= 0.3 is 5.97 Å². The molecular formula is C23H23N6O2+. The van der Waals surface area contributed by atoms with Crippen LogP contribution in [-0.2, 0) is 9.53 Å². The monoisotopic (exact) mass is 415 g/mol. The molecule has 0 radical (unpaired) electrons. The van der Waals surface area contributed by atoms with E-state index < -0.39 is 0 Å². The second-order valence-corrected chi connectivity index (χ2v) is 6.71. The zero-order chi connectivity index (χ0) is 22.1. The van der Waals surface area contributed by atoms with Crippen molar-refractivity contribution in [1.29, 1.82) is 10.7 Å². The molecule has 0 unspecified atom stereocenters. The second kappa shape index (κ2) is 10.5. The first-order valence-corrected chi connectivity index (χ1v) is 9.79. The van der Waals surface area contributed by atoms with Gasteiger partial charge in [0.1, 0.15) is 13.2 Å². The number of guanidine groups is 1. The van der Waals surface area contributed by atoms with Gasteiger partial charge in [0, 0.05) is 29.5 Å². The fourth-order valence-corrected chi connectivity index (χ4v) is 2.94. The Hall–Kier alpha value is -4.21. The summed E-state index contributed by atoms with van der Waals surface area (Å²) in [6, 6.07) is 16.8. The normalized spacial score (nSPS) is 12.8. The third kappa shape index (κ3) is 6.13. The van der Waals surface area contributed by atoms with E-state index in [-0.39, 0.29) is 12.6 Å². The van der Waals surface area contributed by atoms with E-state index in [0.717, 1.165) is 17.3 Å². The summed E-state index contributed by atoms with van der Waals surface area (Å²) in [5.41, 5.74) is 1.47. The number of esters is 1. The Kier molecular flexibility index (Phi) is 7.30. The highest BCUT2D eigenvalue weighted by Gasteiger charge is 2.24. The van der Waals surface area contributed by atoms with E-state index in [4.69, 9.17) is 15.4 Å². The van der Waals surface area contributed by atoms with Gasteiger partial charge < -0.3 is 10.1 Å². The number of ether oxygens (including phenoxy) is 1. The lowest BCUT2D eigenvalue weighted by atomic mass is 10.2. The highest BCUT2D eigenvalue weighted by molar-refractivity contribution is 5.82. The molecule has 0 amide bonds. The lowest BCUT2D eigenvalue weighted by molar-refractivity contribution is -0.577. The van der Waals surface area contributed by atoms with Crippen LogP contribution in [-0.4, -0.2) is 59.9 Å². The Labute approximate surface area is 180 Å². The number of nitriles is 1. The fourth-order valence-electron chi connectivity index (χ4n) is 2.94. The van der Waals surface area contributed by atoms with Gasteiger partial charge in [-0.1, -0.05) is 4.68 Å². The van der Waals surface area contributed by atoms with Crippen LogP contribution in [0.1, 0.15) is 18.1 Å². The molecule has 8 nitrogen and oxygen atoms in total. The third-order valence-electron chi connectivity index (χ3n) is 4.45. The van der Waals surface area contributed by atoms with Crippen LogP contribution in [0.2, 0.25) is 0 Å². The molecule has 0 fully saturated rings. The number of carbonyl (C=O) groups is 1. The lowest BCUT2D eigenvalue weighted by Gasteiger charge is -2.18. The first-order chi connectivity index (χ1) is 15.1. The van der Waals surface area contributed by atoms with Crippen molar-refractivity contribution in [3.8, 4) is 6.07 Å². The summed E-state index contributed by atoms with van der Waals surface area (Å²) in [5.74, 6) is 2.70. The van der Waals surface area contributed by atoms with Gasteiger partial charge in [0.25, 0.3) is 5.96 Å². The van der Waals surface area contributed by atoms with Crippen LogP contribution in [0.25, 0.3) is 6.20 Å². The maximum absolute atomic E-state index is 11.3. The topological polar surface area (TPSA) is 105 Å². The summed E-state index contributed by atoms with van der Waals surface area (Å²) in [5, 5.41) is 23.1. The number of hydrogen-bond donors (Lipinski definition) is 2. The number of nitrogens with zero attached hydrogens (tertiary/aromatic N) is 4. The van der Waals surface area contributed by atoms with E-state index in [2.05, 4.69) is 22.2 Å². The van der Waals surface area contributed by atoms with Gasteiger partial charge in [-0.25, -0.2) is 4.99 Å². The molecule has 156 valence electrons. The average molecular weight is 415 g/mol. The second-order valence-electron chi connectivity index (χ2n) is 6.71. The Bertz CT molecular complexity index is 1160. The van der Waals surface area contributed by atoms with E-state index >= 15 is 0 Å². The van der Waals surface area contributed by atoms with Gasteiger partial charge in [-0.05, 0) is 54.4 Å². The summed E-state index contributed by atoms with van der Waals surface area (Å²) in [7, 11) is 0. The molecule has 1 aliphatic rings. The Morgan fingerprint density at radius 3 is 2.61 bits per heavy atom. The number of hydrazine groups is 1. The summed E-state index contributed by atoms with van der Waals surface area (Å²) < 4.78 is 7.04. The number of hydrazone groups is 1. The van der Waals surface area contributed by atoms with Gasteiger partial charge in [-0.2, -0.15) is 5.26 Å². The van der Waals surface area contributed by atoms with Crippen molar-refractivity contribution in [2.75, 3.05) is 26.2 Å². The first-order valence-electron chi connectivity index (χ1n) is 9.79. The third-order valence-corrected chi connectivity index (χ3v) is 4.45. The zero-order valence-electron chi connectivity index (χ0n) is 17.2. The van der Waals surface area contributed by atoms with E-state index in [0.29, 0.717) is 29.8 Å². The van der Waals surface area contributed by atoms with E-state index in [9.17, 15) is 4.79 Å². The number of benzene rings is 2. The number of hydrogen-bond acceptors (Lipinski definition) is 7. The van der Waals surface area contributed by atoms with Crippen LogP contribution in [0.3, 0.4) is 0 Å². The molecular weight excluding hydrogens is 392 g/mol. The van der Waals surface area contributed by atoms with Crippen LogP contribution in [0.4, 0.5) is 0 Å². The zero-order valence-corrected chi connectivity index (χ0v) is 17.2. The summed E-state index contributed by atoms with van der Waals surface area (Å²) in [4.78, 5) is 15.8. The Morgan fingerprint density at radius 1 is 1.29 bits per heavy atom. The molecule has 0 aromatic heterocycles. The van der Waals surface area contributed by atoms with Crippen LogP contribution in [0.15, 0.2) is 53.5 Å². The lowest BCUT2D eigenvalue weighted by Crippen LogP contribution is -2.46. The molecule has 3 rings (SSSR count). The smallest absolute Gasteiger partial charge is 0.302 e. The molecule has 0 saturated carbocycles. The highest BCUT2D eigenvalue weighted by atomic mass is 16.5. The van der Waals surface area contributed by atoms with E-state index in [1.807, 2.05) is 58.5 Å². The molecule has 0 saturated heterocycles. The molecule has 31 heavy (non-hydrogen) atoms. The molecule has 1 aliphatic heterocycles. The Morgan fingerprint density at radius 2 is 2.03 bits per heavy atom. The van der Waals surface area contributed by atoms with Gasteiger partial charge in [-0.15, -0.1) is 5.01 Å². The minimum atomic E-state index is -0.341. The SMILES string of the molecule is CC(=O)OCCN(C1=NCCN1)/[N+](C=c1ccc(=C=N)cc1)=C/c1ccc(C#N)cc1. The minimum Gasteiger partial charge on any atom is -0.464 e. The maximum Gasteiger partial charge on any atom is 0.302 e. The van der Waals surface area contributed by atoms with Crippen molar-refractivity contribution in [3.63, 3.8) is 0 Å². The Balaban J connectivity index is 2.05. The van der Waals surface area contributed by atoms with E-state index in [1.54, 1.807) is 12.1 Å². The average Bonchev–Trinajstić information content (AvgIpc) is 3.32. The van der Waals surface area contributed by atoms with Crippen LogP contribution in [0.5, 0.6) is 0 Å². The predicted octanol–water partition coefficient (Wildman–Crippen LogP) is 0.0873. The molecule has 0 spiro atoms. The number of carbonyl (C=O) groups excluding carboxylic acids is 1. The quantitative estimate of drug-likeness (QED) is 0.301. The molecule has 1 heterocycles. The van der Waals surface area contributed by atoms with Crippen molar-refractivity contribution < 1.29 is 14.2 Å². The van der Waals surface area contributed by atoms with Crippen molar-refractivity contribution in [2.24, 2.45) is 4.99 Å². The minimum absolute atomic E-state index is 0.198. The van der Waals surface area contributed by atoms with Crippen LogP contribution >= 0.6 is 0 Å². The maximum atomic E-state index is 11.3. The summed E-state index contributed by atoms with van der Waals surface area (Å²) in [6.45, 7) is 3.36. The van der Waals surface area contributed by atoms with Gasteiger partial charge in [-0.3, -0.25) is 10.2 Å². The van der Waals surface area contributed by atoms with E-state index in [1.165, 1.54) is 6.92 Å². The van der Waals surface area contributed by atoms with Gasteiger partial charge in [0.05, 0.1) is 18.2 Å². The van der Waals surface area contributed by atoms with Gasteiger partial charge in [0.15, 0.2) is 0 Å². The van der Waals surface area contributed by atoms with Crippen molar-refractivity contribution in [1.82, 2.24) is 10.3 Å². The molecule has 8 heteroatoms. The highest BCUT2D eigenvalue weighted by Crippen LogP contribution is 2.04. The molecule has 0 bridgehead atoms. The molecule has 2 aromatic rings. The van der Waals surface area contributed by atoms with Crippen LogP contribution in [0, 0.1) is 16.7 Å². The largest absolute Gasteiger partial charge is 0.464 e. The molecule has 0 atom stereocenters. The first kappa shape index (κ1) is 21.5. The fraction of sp³-hybridized carbons (Fsp3) is 0.217. The van der Waals surface area contributed by atoms with Crippen LogP contribution < -0.4 is 15.8 Å². The molecule has 2 N–H and O–H groups in total. The number of aliphatic imine (C=N–C) groups is 1.